The largest absolute Gasteiger partial charge is 0.370 e. The van der Waals surface area contributed by atoms with E-state index in [1.807, 2.05) is 10.6 Å². The van der Waals surface area contributed by atoms with Gasteiger partial charge in [0.15, 0.2) is 0 Å². The summed E-state index contributed by atoms with van der Waals surface area (Å²) < 4.78 is 7.33. The maximum absolute atomic E-state index is 12.2. The standard InChI is InChI=1S/C20H26ClN7O2/c21-18-23-19(22-4-5-26-6-8-30-9-7-26)25-20(24-18)27-11-14-10-15(13-27)16-2-1-3-17(29)28(16)12-14/h1-3,14-15H,4-13H2,(H,22,23,24,25)/p+1. The van der Waals surface area contributed by atoms with Crippen LogP contribution >= 0.6 is 11.6 Å². The minimum atomic E-state index is 0.0905. The number of hydrogen-bond acceptors (Lipinski definition) is 7. The number of aromatic nitrogens is 4. The van der Waals surface area contributed by atoms with Gasteiger partial charge in [0.2, 0.25) is 17.2 Å². The summed E-state index contributed by atoms with van der Waals surface area (Å²) in [5, 5.41) is 3.51. The first-order valence-corrected chi connectivity index (χ1v) is 11.0. The van der Waals surface area contributed by atoms with Gasteiger partial charge in [-0.3, -0.25) is 4.79 Å². The highest BCUT2D eigenvalue weighted by Crippen LogP contribution is 2.36. The molecule has 2 saturated heterocycles. The summed E-state index contributed by atoms with van der Waals surface area (Å²) in [6.45, 7) is 7.81. The number of fused-ring (bicyclic) bond motifs is 4. The first-order chi connectivity index (χ1) is 14.7. The third kappa shape index (κ3) is 4.14. The Bertz CT molecular complexity index is 962. The Labute approximate surface area is 180 Å². The second-order valence-electron chi connectivity index (χ2n) is 8.37. The van der Waals surface area contributed by atoms with Crippen molar-refractivity contribution in [2.75, 3.05) is 62.7 Å². The van der Waals surface area contributed by atoms with Crippen LogP contribution in [0.5, 0.6) is 0 Å². The molecule has 9 nitrogen and oxygen atoms in total. The zero-order chi connectivity index (χ0) is 20.5. The molecule has 2 aromatic rings. The molecule has 160 valence electrons. The highest BCUT2D eigenvalue weighted by atomic mass is 35.5. The van der Waals surface area contributed by atoms with E-state index in [4.69, 9.17) is 16.3 Å². The van der Waals surface area contributed by atoms with Crippen LogP contribution in [0.3, 0.4) is 0 Å². The van der Waals surface area contributed by atoms with Gasteiger partial charge in [0.05, 0.1) is 26.3 Å². The fourth-order valence-electron chi connectivity index (χ4n) is 4.88. The van der Waals surface area contributed by atoms with E-state index < -0.39 is 0 Å². The summed E-state index contributed by atoms with van der Waals surface area (Å²) in [7, 11) is 0. The monoisotopic (exact) mass is 432 g/mol. The number of anilines is 2. The van der Waals surface area contributed by atoms with E-state index in [-0.39, 0.29) is 10.8 Å². The van der Waals surface area contributed by atoms with E-state index in [1.165, 1.54) is 4.90 Å². The molecule has 2 bridgehead atoms. The van der Waals surface area contributed by atoms with Gasteiger partial charge in [-0.25, -0.2) is 0 Å². The number of quaternary nitrogens is 1. The highest BCUT2D eigenvalue weighted by molar-refractivity contribution is 6.28. The Hall–Kier alpha value is -2.23. The van der Waals surface area contributed by atoms with Crippen molar-refractivity contribution in [3.05, 3.63) is 39.5 Å². The van der Waals surface area contributed by atoms with Crippen LogP contribution in [0.2, 0.25) is 5.28 Å². The van der Waals surface area contributed by atoms with Crippen molar-refractivity contribution in [2.24, 2.45) is 5.92 Å². The summed E-state index contributed by atoms with van der Waals surface area (Å²) >= 11 is 6.22. The molecule has 3 aliphatic rings. The van der Waals surface area contributed by atoms with Gasteiger partial charge in [-0.2, -0.15) is 15.0 Å². The van der Waals surface area contributed by atoms with Crippen molar-refractivity contribution >= 4 is 23.5 Å². The lowest BCUT2D eigenvalue weighted by molar-refractivity contribution is -0.906. The molecule has 3 aliphatic heterocycles. The van der Waals surface area contributed by atoms with E-state index in [2.05, 4.69) is 31.2 Å². The minimum Gasteiger partial charge on any atom is -0.370 e. The molecule has 0 spiro atoms. The van der Waals surface area contributed by atoms with Crippen LogP contribution in [-0.2, 0) is 11.3 Å². The van der Waals surface area contributed by atoms with Gasteiger partial charge in [-0.1, -0.05) is 6.07 Å². The molecular formula is C20H27ClN7O2+. The molecule has 0 radical (unpaired) electrons. The van der Waals surface area contributed by atoms with E-state index in [1.54, 1.807) is 6.07 Å². The lowest BCUT2D eigenvalue weighted by Gasteiger charge is -2.42. The number of nitrogens with zero attached hydrogens (tertiary/aromatic N) is 5. The smallest absolute Gasteiger partial charge is 0.250 e. The molecule has 10 heteroatoms. The van der Waals surface area contributed by atoms with Crippen LogP contribution in [0.15, 0.2) is 23.0 Å². The Balaban J connectivity index is 1.28. The minimum absolute atomic E-state index is 0.0905. The summed E-state index contributed by atoms with van der Waals surface area (Å²) in [6, 6.07) is 5.56. The molecule has 0 aliphatic carbocycles. The van der Waals surface area contributed by atoms with Gasteiger partial charge in [-0.15, -0.1) is 0 Å². The van der Waals surface area contributed by atoms with Gasteiger partial charge in [0, 0.05) is 37.3 Å². The molecule has 30 heavy (non-hydrogen) atoms. The van der Waals surface area contributed by atoms with Crippen LogP contribution in [-0.4, -0.2) is 72.0 Å². The lowest BCUT2D eigenvalue weighted by atomic mass is 9.83. The number of rotatable bonds is 5. The van der Waals surface area contributed by atoms with Gasteiger partial charge in [0.25, 0.3) is 5.56 Å². The Morgan fingerprint density at radius 2 is 2.03 bits per heavy atom. The van der Waals surface area contributed by atoms with E-state index in [0.717, 1.165) is 71.1 Å². The quantitative estimate of drug-likeness (QED) is 0.666. The maximum atomic E-state index is 12.2. The molecule has 0 aromatic carbocycles. The summed E-state index contributed by atoms with van der Waals surface area (Å²) in [5.74, 6) is 1.82. The summed E-state index contributed by atoms with van der Waals surface area (Å²) in [6.07, 6.45) is 1.09. The van der Waals surface area contributed by atoms with E-state index >= 15 is 0 Å². The normalized spacial score (nSPS) is 23.8. The Morgan fingerprint density at radius 1 is 1.17 bits per heavy atom. The van der Waals surface area contributed by atoms with Gasteiger partial charge >= 0.3 is 0 Å². The highest BCUT2D eigenvalue weighted by Gasteiger charge is 2.35. The van der Waals surface area contributed by atoms with E-state index in [0.29, 0.717) is 23.7 Å². The molecule has 2 aromatic heterocycles. The van der Waals surface area contributed by atoms with Crippen molar-refractivity contribution in [3.63, 3.8) is 0 Å². The number of nitrogens with one attached hydrogen (secondary N) is 2. The molecular weight excluding hydrogens is 406 g/mol. The number of pyridine rings is 1. The Morgan fingerprint density at radius 3 is 2.90 bits per heavy atom. The number of ether oxygens (including phenoxy) is 1. The first kappa shape index (κ1) is 19.7. The molecule has 2 fully saturated rings. The zero-order valence-corrected chi connectivity index (χ0v) is 17.6. The van der Waals surface area contributed by atoms with Crippen molar-refractivity contribution in [3.8, 4) is 0 Å². The Kier molecular flexibility index (Phi) is 5.58. The van der Waals surface area contributed by atoms with Crippen LogP contribution in [0.1, 0.15) is 18.0 Å². The van der Waals surface area contributed by atoms with Gasteiger partial charge in [-0.05, 0) is 30.0 Å². The number of morpholine rings is 1. The second-order valence-corrected chi connectivity index (χ2v) is 8.71. The van der Waals surface area contributed by atoms with Crippen LogP contribution in [0, 0.1) is 5.92 Å². The molecule has 0 amide bonds. The summed E-state index contributed by atoms with van der Waals surface area (Å²) in [5.41, 5.74) is 1.20. The van der Waals surface area contributed by atoms with Crippen LogP contribution < -0.4 is 20.7 Å². The molecule has 2 atom stereocenters. The fraction of sp³-hybridized carbons (Fsp3) is 0.600. The number of hydrogen-bond donors (Lipinski definition) is 2. The molecule has 5 rings (SSSR count). The summed E-state index contributed by atoms with van der Waals surface area (Å²) in [4.78, 5) is 29.2. The van der Waals surface area contributed by atoms with E-state index in [9.17, 15) is 4.79 Å². The first-order valence-electron chi connectivity index (χ1n) is 10.7. The average molecular weight is 433 g/mol. The van der Waals surface area contributed by atoms with Gasteiger partial charge < -0.3 is 24.4 Å². The zero-order valence-electron chi connectivity index (χ0n) is 16.9. The average Bonchev–Trinajstić information content (AvgIpc) is 2.75. The van der Waals surface area contributed by atoms with Crippen molar-refractivity contribution in [2.45, 2.75) is 18.9 Å². The topological polar surface area (TPSA) is 89.6 Å². The number of piperidine rings is 1. The molecule has 2 N–H and O–H groups in total. The second kappa shape index (κ2) is 8.49. The van der Waals surface area contributed by atoms with Crippen molar-refractivity contribution < 1.29 is 9.64 Å². The van der Waals surface area contributed by atoms with Crippen molar-refractivity contribution in [1.29, 1.82) is 0 Å². The van der Waals surface area contributed by atoms with Gasteiger partial charge in [0.1, 0.15) is 13.1 Å². The predicted molar refractivity (Wildman–Crippen MR) is 113 cm³/mol. The molecule has 2 unspecified atom stereocenters. The SMILES string of the molecule is O=c1cccc2n1CC1CC2CN(c2nc(Cl)nc(NCC[NH+]3CCOCC3)n2)C1. The number of halogens is 1. The molecule has 0 saturated carbocycles. The lowest BCUT2D eigenvalue weighted by Crippen LogP contribution is -3.14. The molecule has 5 heterocycles. The fourth-order valence-corrected chi connectivity index (χ4v) is 5.04. The third-order valence-electron chi connectivity index (χ3n) is 6.32. The van der Waals surface area contributed by atoms with Crippen molar-refractivity contribution in [1.82, 2.24) is 19.5 Å². The predicted octanol–water partition coefficient (Wildman–Crippen LogP) is -0.363. The maximum Gasteiger partial charge on any atom is 0.250 e. The third-order valence-corrected chi connectivity index (χ3v) is 6.49. The van der Waals surface area contributed by atoms with Crippen LogP contribution in [0.25, 0.3) is 0 Å². The van der Waals surface area contributed by atoms with Crippen LogP contribution in [0.4, 0.5) is 11.9 Å².